The van der Waals surface area contributed by atoms with Gasteiger partial charge in [0.25, 0.3) is 0 Å². The second-order valence-corrected chi connectivity index (χ2v) is 4.94. The molecule has 4 heteroatoms. The Hall–Kier alpha value is -1.55. The summed E-state index contributed by atoms with van der Waals surface area (Å²) in [6.45, 7) is 7.02. The van der Waals surface area contributed by atoms with Gasteiger partial charge < -0.3 is 15.4 Å². The van der Waals surface area contributed by atoms with Gasteiger partial charge in [0.1, 0.15) is 5.75 Å². The number of carbonyl (C=O) groups is 1. The van der Waals surface area contributed by atoms with Gasteiger partial charge in [-0.2, -0.15) is 0 Å². The van der Waals surface area contributed by atoms with Crippen LogP contribution >= 0.6 is 0 Å². The molecule has 0 aliphatic heterocycles. The first-order valence-electron chi connectivity index (χ1n) is 6.71. The Morgan fingerprint density at radius 2 is 2.11 bits per heavy atom. The maximum absolute atomic E-state index is 11.8. The summed E-state index contributed by atoms with van der Waals surface area (Å²) >= 11 is 0. The summed E-state index contributed by atoms with van der Waals surface area (Å²) in [6, 6.07) is 6.11. The summed E-state index contributed by atoms with van der Waals surface area (Å²) in [5, 5.41) is 6.19. The van der Waals surface area contributed by atoms with E-state index in [0.717, 1.165) is 30.0 Å². The molecule has 1 aromatic rings. The van der Waals surface area contributed by atoms with E-state index in [-0.39, 0.29) is 5.91 Å². The zero-order valence-corrected chi connectivity index (χ0v) is 12.2. The predicted molar refractivity (Wildman–Crippen MR) is 78.7 cm³/mol. The Balaban J connectivity index is 2.38. The van der Waals surface area contributed by atoms with Gasteiger partial charge in [0.15, 0.2) is 0 Å². The normalized spacial score (nSPS) is 10.6. The Morgan fingerprint density at radius 3 is 2.68 bits per heavy atom. The molecule has 1 rings (SSSR count). The first-order chi connectivity index (χ1) is 9.02. The van der Waals surface area contributed by atoms with Crippen molar-refractivity contribution in [2.24, 2.45) is 0 Å². The first-order valence-corrected chi connectivity index (χ1v) is 6.71. The molecule has 0 atom stereocenters. The lowest BCUT2D eigenvalue weighted by Gasteiger charge is -2.10. The second-order valence-electron chi connectivity index (χ2n) is 4.94. The van der Waals surface area contributed by atoms with Gasteiger partial charge in [-0.05, 0) is 43.7 Å². The fraction of sp³-hybridized carbons (Fsp3) is 0.533. The topological polar surface area (TPSA) is 50.4 Å². The van der Waals surface area contributed by atoms with E-state index >= 15 is 0 Å². The number of nitrogens with one attached hydrogen (secondary N) is 2. The number of benzene rings is 1. The van der Waals surface area contributed by atoms with Crippen molar-refractivity contribution < 1.29 is 9.53 Å². The number of rotatable bonds is 7. The van der Waals surface area contributed by atoms with Crippen LogP contribution in [0.2, 0.25) is 0 Å². The van der Waals surface area contributed by atoms with E-state index in [1.807, 2.05) is 25.1 Å². The number of ether oxygens (including phenoxy) is 1. The average Bonchev–Trinajstić information content (AvgIpc) is 2.35. The van der Waals surface area contributed by atoms with Crippen molar-refractivity contribution in [2.75, 3.05) is 19.0 Å². The van der Waals surface area contributed by atoms with Crippen LogP contribution in [0.3, 0.4) is 0 Å². The van der Waals surface area contributed by atoms with Gasteiger partial charge in [-0.1, -0.05) is 13.8 Å². The Morgan fingerprint density at radius 1 is 1.37 bits per heavy atom. The Bertz CT molecular complexity index is 417. The minimum atomic E-state index is 0.0510. The highest BCUT2D eigenvalue weighted by molar-refractivity contribution is 5.90. The molecule has 0 aliphatic rings. The van der Waals surface area contributed by atoms with E-state index in [0.29, 0.717) is 12.5 Å². The Labute approximate surface area is 115 Å². The lowest BCUT2D eigenvalue weighted by molar-refractivity contribution is -0.116. The van der Waals surface area contributed by atoms with Gasteiger partial charge in [-0.25, -0.2) is 0 Å². The summed E-state index contributed by atoms with van der Waals surface area (Å²) in [7, 11) is 1.64. The molecule has 0 radical (unpaired) electrons. The van der Waals surface area contributed by atoms with Crippen molar-refractivity contribution in [3.63, 3.8) is 0 Å². The van der Waals surface area contributed by atoms with E-state index in [2.05, 4.69) is 24.5 Å². The summed E-state index contributed by atoms with van der Waals surface area (Å²) < 4.78 is 5.19. The zero-order chi connectivity index (χ0) is 14.3. The van der Waals surface area contributed by atoms with Gasteiger partial charge in [0, 0.05) is 18.2 Å². The standard InChI is InChI=1S/C15H24N2O2/c1-11(2)16-9-5-6-15(18)17-13-7-8-14(19-4)12(3)10-13/h7-8,10-11,16H,5-6,9H2,1-4H3,(H,17,18). The summed E-state index contributed by atoms with van der Waals surface area (Å²) in [5.41, 5.74) is 1.84. The average molecular weight is 264 g/mol. The molecule has 19 heavy (non-hydrogen) atoms. The fourth-order valence-electron chi connectivity index (χ4n) is 1.82. The first kappa shape index (κ1) is 15.5. The van der Waals surface area contributed by atoms with Crippen LogP contribution in [-0.2, 0) is 4.79 Å². The molecule has 0 fully saturated rings. The number of carbonyl (C=O) groups excluding carboxylic acids is 1. The molecule has 2 N–H and O–H groups in total. The van der Waals surface area contributed by atoms with Crippen molar-refractivity contribution >= 4 is 11.6 Å². The molecule has 0 aromatic heterocycles. The van der Waals surface area contributed by atoms with Crippen molar-refractivity contribution in [2.45, 2.75) is 39.7 Å². The highest BCUT2D eigenvalue weighted by Gasteiger charge is 2.04. The molecule has 1 aromatic carbocycles. The predicted octanol–water partition coefficient (Wildman–Crippen LogP) is 2.72. The van der Waals surface area contributed by atoms with Crippen LogP contribution in [0.1, 0.15) is 32.3 Å². The third-order valence-corrected chi connectivity index (χ3v) is 2.81. The van der Waals surface area contributed by atoms with E-state index in [1.54, 1.807) is 7.11 Å². The zero-order valence-electron chi connectivity index (χ0n) is 12.2. The summed E-state index contributed by atoms with van der Waals surface area (Å²) in [6.07, 6.45) is 1.38. The molecule has 0 bridgehead atoms. The number of aryl methyl sites for hydroxylation is 1. The van der Waals surface area contributed by atoms with Gasteiger partial charge in [-0.15, -0.1) is 0 Å². The Kier molecular flexibility index (Phi) is 6.36. The molecule has 0 unspecified atom stereocenters. The van der Waals surface area contributed by atoms with Crippen LogP contribution in [0.4, 0.5) is 5.69 Å². The van der Waals surface area contributed by atoms with Crippen molar-refractivity contribution in [3.05, 3.63) is 23.8 Å². The summed E-state index contributed by atoms with van der Waals surface area (Å²) in [4.78, 5) is 11.8. The molecular formula is C15H24N2O2. The largest absolute Gasteiger partial charge is 0.496 e. The molecular weight excluding hydrogens is 240 g/mol. The number of amides is 1. The highest BCUT2D eigenvalue weighted by atomic mass is 16.5. The fourth-order valence-corrected chi connectivity index (χ4v) is 1.82. The molecule has 0 saturated heterocycles. The van der Waals surface area contributed by atoms with Crippen LogP contribution < -0.4 is 15.4 Å². The SMILES string of the molecule is COc1ccc(NC(=O)CCCNC(C)C)cc1C. The number of anilines is 1. The van der Waals surface area contributed by atoms with E-state index in [4.69, 9.17) is 4.74 Å². The van der Waals surface area contributed by atoms with Crippen LogP contribution in [0.15, 0.2) is 18.2 Å². The summed E-state index contributed by atoms with van der Waals surface area (Å²) in [5.74, 6) is 0.884. The highest BCUT2D eigenvalue weighted by Crippen LogP contribution is 2.21. The third kappa shape index (κ3) is 5.75. The monoisotopic (exact) mass is 264 g/mol. The van der Waals surface area contributed by atoms with E-state index in [9.17, 15) is 4.79 Å². The lowest BCUT2D eigenvalue weighted by atomic mass is 10.2. The van der Waals surface area contributed by atoms with Gasteiger partial charge in [0.2, 0.25) is 5.91 Å². The molecule has 0 spiro atoms. The molecule has 106 valence electrons. The molecule has 4 nitrogen and oxygen atoms in total. The lowest BCUT2D eigenvalue weighted by Crippen LogP contribution is -2.24. The second kappa shape index (κ2) is 7.79. The molecule has 0 saturated carbocycles. The molecule has 1 amide bonds. The minimum absolute atomic E-state index is 0.0510. The minimum Gasteiger partial charge on any atom is -0.496 e. The van der Waals surface area contributed by atoms with E-state index in [1.165, 1.54) is 0 Å². The van der Waals surface area contributed by atoms with Crippen molar-refractivity contribution in [1.82, 2.24) is 5.32 Å². The number of methoxy groups -OCH3 is 1. The maximum atomic E-state index is 11.8. The molecule has 0 aliphatic carbocycles. The van der Waals surface area contributed by atoms with Gasteiger partial charge in [0.05, 0.1) is 7.11 Å². The molecule has 0 heterocycles. The van der Waals surface area contributed by atoms with Gasteiger partial charge >= 0.3 is 0 Å². The number of hydrogen-bond donors (Lipinski definition) is 2. The van der Waals surface area contributed by atoms with Gasteiger partial charge in [-0.3, -0.25) is 4.79 Å². The van der Waals surface area contributed by atoms with Crippen LogP contribution in [-0.4, -0.2) is 25.6 Å². The number of hydrogen-bond acceptors (Lipinski definition) is 3. The van der Waals surface area contributed by atoms with Crippen LogP contribution in [0.25, 0.3) is 0 Å². The van der Waals surface area contributed by atoms with Crippen LogP contribution in [0, 0.1) is 6.92 Å². The smallest absolute Gasteiger partial charge is 0.224 e. The van der Waals surface area contributed by atoms with Crippen molar-refractivity contribution in [1.29, 1.82) is 0 Å². The quantitative estimate of drug-likeness (QED) is 0.744. The van der Waals surface area contributed by atoms with Crippen LogP contribution in [0.5, 0.6) is 5.75 Å². The maximum Gasteiger partial charge on any atom is 0.224 e. The van der Waals surface area contributed by atoms with E-state index < -0.39 is 0 Å². The third-order valence-electron chi connectivity index (χ3n) is 2.81. The van der Waals surface area contributed by atoms with Crippen molar-refractivity contribution in [3.8, 4) is 5.75 Å².